The summed E-state index contributed by atoms with van der Waals surface area (Å²) in [6, 6.07) is 7.96. The zero-order chi connectivity index (χ0) is 15.0. The number of terminal acetylenes is 1. The topological polar surface area (TPSA) is 45.7 Å². The zero-order valence-corrected chi connectivity index (χ0v) is 12.7. The summed E-state index contributed by atoms with van der Waals surface area (Å²) in [6.07, 6.45) is 5.22. The van der Waals surface area contributed by atoms with Gasteiger partial charge < -0.3 is 15.4 Å². The van der Waals surface area contributed by atoms with Crippen LogP contribution < -0.4 is 15.4 Å². The summed E-state index contributed by atoms with van der Waals surface area (Å²) in [7, 11) is 1.71. The summed E-state index contributed by atoms with van der Waals surface area (Å²) >= 11 is 0. The monoisotopic (exact) mass is 273 g/mol. The molecule has 0 saturated carbocycles. The van der Waals surface area contributed by atoms with Gasteiger partial charge in [-0.1, -0.05) is 24.1 Å². The molecule has 0 spiro atoms. The lowest BCUT2D eigenvalue weighted by Gasteiger charge is -2.23. The van der Waals surface area contributed by atoms with Crippen molar-refractivity contribution in [2.24, 2.45) is 4.99 Å². The van der Waals surface area contributed by atoms with E-state index in [1.165, 1.54) is 0 Å². The fraction of sp³-hybridized carbons (Fsp3) is 0.438. The van der Waals surface area contributed by atoms with Gasteiger partial charge in [-0.2, -0.15) is 0 Å². The standard InChI is InChI=1S/C16H23N3O/c1-6-11-18-15(17-5)19-12-13-9-7-8-10-14(13)20-16(2,3)4/h1,7-10H,11-12H2,2-5H3,(H2,17,18,19). The fourth-order valence-electron chi connectivity index (χ4n) is 1.61. The SMILES string of the molecule is C#CCNC(=NC)NCc1ccccc1OC(C)(C)C. The van der Waals surface area contributed by atoms with Crippen molar-refractivity contribution < 1.29 is 4.74 Å². The lowest BCUT2D eigenvalue weighted by atomic mass is 10.1. The molecule has 0 atom stereocenters. The van der Waals surface area contributed by atoms with Gasteiger partial charge in [0.2, 0.25) is 0 Å². The first-order valence-electron chi connectivity index (χ1n) is 6.61. The number of nitrogens with zero attached hydrogens (tertiary/aromatic N) is 1. The van der Waals surface area contributed by atoms with E-state index < -0.39 is 0 Å². The Balaban J connectivity index is 2.70. The van der Waals surface area contributed by atoms with Gasteiger partial charge in [0, 0.05) is 19.2 Å². The number of benzene rings is 1. The Morgan fingerprint density at radius 2 is 2.00 bits per heavy atom. The maximum atomic E-state index is 5.95. The summed E-state index contributed by atoms with van der Waals surface area (Å²) < 4.78 is 5.95. The number of hydrogen-bond donors (Lipinski definition) is 2. The average molecular weight is 273 g/mol. The van der Waals surface area contributed by atoms with Gasteiger partial charge in [0.05, 0.1) is 6.54 Å². The van der Waals surface area contributed by atoms with Crippen LogP contribution in [0.15, 0.2) is 29.3 Å². The van der Waals surface area contributed by atoms with Crippen molar-refractivity contribution in [2.75, 3.05) is 13.6 Å². The second-order valence-electron chi connectivity index (χ2n) is 5.31. The molecule has 0 fully saturated rings. The second kappa shape index (κ2) is 7.44. The highest BCUT2D eigenvalue weighted by Crippen LogP contribution is 2.22. The number of guanidine groups is 1. The van der Waals surface area contributed by atoms with Gasteiger partial charge in [-0.3, -0.25) is 4.99 Å². The molecule has 0 heterocycles. The first-order valence-corrected chi connectivity index (χ1v) is 6.61. The van der Waals surface area contributed by atoms with Crippen molar-refractivity contribution in [3.8, 4) is 18.1 Å². The van der Waals surface area contributed by atoms with E-state index in [-0.39, 0.29) is 5.60 Å². The van der Waals surface area contributed by atoms with Crippen molar-refractivity contribution >= 4 is 5.96 Å². The molecule has 0 saturated heterocycles. The third-order valence-corrected chi connectivity index (χ3v) is 2.42. The highest BCUT2D eigenvalue weighted by atomic mass is 16.5. The lowest BCUT2D eigenvalue weighted by molar-refractivity contribution is 0.129. The largest absolute Gasteiger partial charge is 0.488 e. The Labute approximate surface area is 121 Å². The Hall–Kier alpha value is -2.15. The molecule has 0 aliphatic heterocycles. The molecule has 2 N–H and O–H groups in total. The number of ether oxygens (including phenoxy) is 1. The van der Waals surface area contributed by atoms with Crippen molar-refractivity contribution in [3.63, 3.8) is 0 Å². The van der Waals surface area contributed by atoms with E-state index in [1.807, 2.05) is 45.0 Å². The highest BCUT2D eigenvalue weighted by molar-refractivity contribution is 5.79. The Bertz CT molecular complexity index is 495. The van der Waals surface area contributed by atoms with Crippen LogP contribution in [-0.4, -0.2) is 25.2 Å². The van der Waals surface area contributed by atoms with Crippen LogP contribution in [0.25, 0.3) is 0 Å². The van der Waals surface area contributed by atoms with E-state index in [0.29, 0.717) is 19.0 Å². The van der Waals surface area contributed by atoms with Gasteiger partial charge in [-0.25, -0.2) is 0 Å². The molecule has 0 radical (unpaired) electrons. The molecule has 1 aromatic rings. The van der Waals surface area contributed by atoms with E-state index in [0.717, 1.165) is 11.3 Å². The molecule has 1 aromatic carbocycles. The van der Waals surface area contributed by atoms with E-state index >= 15 is 0 Å². The second-order valence-corrected chi connectivity index (χ2v) is 5.31. The molecule has 108 valence electrons. The molecule has 0 aromatic heterocycles. The van der Waals surface area contributed by atoms with Gasteiger partial charge in [-0.15, -0.1) is 6.42 Å². The molecule has 1 rings (SSSR count). The summed E-state index contributed by atoms with van der Waals surface area (Å²) in [5.41, 5.74) is 0.852. The van der Waals surface area contributed by atoms with E-state index in [9.17, 15) is 0 Å². The molecule has 0 aliphatic carbocycles. The maximum Gasteiger partial charge on any atom is 0.192 e. The third-order valence-electron chi connectivity index (χ3n) is 2.42. The minimum atomic E-state index is -0.223. The molecule has 20 heavy (non-hydrogen) atoms. The van der Waals surface area contributed by atoms with Crippen LogP contribution in [0.3, 0.4) is 0 Å². The molecule has 0 aliphatic rings. The quantitative estimate of drug-likeness (QED) is 0.502. The highest BCUT2D eigenvalue weighted by Gasteiger charge is 2.14. The van der Waals surface area contributed by atoms with Crippen LogP contribution in [0.5, 0.6) is 5.75 Å². The fourth-order valence-corrected chi connectivity index (χ4v) is 1.61. The predicted octanol–water partition coefficient (Wildman–Crippen LogP) is 2.16. The number of rotatable bonds is 4. The molecule has 0 bridgehead atoms. The Kier molecular flexibility index (Phi) is 5.92. The van der Waals surface area contributed by atoms with E-state index in [1.54, 1.807) is 7.05 Å². The lowest BCUT2D eigenvalue weighted by Crippen LogP contribution is -2.37. The first kappa shape index (κ1) is 15.9. The molecule has 0 unspecified atom stereocenters. The van der Waals surface area contributed by atoms with Crippen LogP contribution in [0.1, 0.15) is 26.3 Å². The first-order chi connectivity index (χ1) is 9.46. The van der Waals surface area contributed by atoms with Crippen LogP contribution in [0.4, 0.5) is 0 Å². The van der Waals surface area contributed by atoms with Gasteiger partial charge in [0.25, 0.3) is 0 Å². The van der Waals surface area contributed by atoms with Crippen LogP contribution in [0, 0.1) is 12.3 Å². The minimum Gasteiger partial charge on any atom is -0.488 e. The van der Waals surface area contributed by atoms with Crippen molar-refractivity contribution in [3.05, 3.63) is 29.8 Å². The summed E-state index contributed by atoms with van der Waals surface area (Å²) in [4.78, 5) is 4.10. The van der Waals surface area contributed by atoms with Crippen molar-refractivity contribution in [1.29, 1.82) is 0 Å². The van der Waals surface area contributed by atoms with Crippen molar-refractivity contribution in [2.45, 2.75) is 32.9 Å². The van der Waals surface area contributed by atoms with Crippen LogP contribution >= 0.6 is 0 Å². The molecular formula is C16H23N3O. The third kappa shape index (κ3) is 5.66. The maximum absolute atomic E-state index is 5.95. The Morgan fingerprint density at radius 1 is 1.30 bits per heavy atom. The van der Waals surface area contributed by atoms with Gasteiger partial charge in [0.1, 0.15) is 11.4 Å². The molecule has 0 amide bonds. The average Bonchev–Trinajstić information content (AvgIpc) is 2.39. The number of para-hydroxylation sites is 1. The normalized spacial score (nSPS) is 11.7. The predicted molar refractivity (Wildman–Crippen MR) is 83.9 cm³/mol. The van der Waals surface area contributed by atoms with Crippen LogP contribution in [0.2, 0.25) is 0 Å². The van der Waals surface area contributed by atoms with Gasteiger partial charge in [-0.05, 0) is 26.8 Å². The molecule has 4 heteroatoms. The smallest absolute Gasteiger partial charge is 0.192 e. The Morgan fingerprint density at radius 3 is 2.60 bits per heavy atom. The minimum absolute atomic E-state index is 0.223. The van der Waals surface area contributed by atoms with Gasteiger partial charge in [0.15, 0.2) is 5.96 Å². The summed E-state index contributed by atoms with van der Waals surface area (Å²) in [5.74, 6) is 4.07. The summed E-state index contributed by atoms with van der Waals surface area (Å²) in [5, 5.41) is 6.23. The van der Waals surface area contributed by atoms with Gasteiger partial charge >= 0.3 is 0 Å². The molecule has 4 nitrogen and oxygen atoms in total. The number of nitrogens with one attached hydrogen (secondary N) is 2. The molecular weight excluding hydrogens is 250 g/mol. The van der Waals surface area contributed by atoms with Crippen LogP contribution in [-0.2, 0) is 6.54 Å². The number of aliphatic imine (C=N–C) groups is 1. The zero-order valence-electron chi connectivity index (χ0n) is 12.7. The number of hydrogen-bond acceptors (Lipinski definition) is 2. The van der Waals surface area contributed by atoms with Crippen molar-refractivity contribution in [1.82, 2.24) is 10.6 Å². The van der Waals surface area contributed by atoms with E-state index in [4.69, 9.17) is 11.2 Å². The van der Waals surface area contributed by atoms with E-state index in [2.05, 4.69) is 21.5 Å². The summed E-state index contributed by atoms with van der Waals surface area (Å²) in [6.45, 7) is 7.16.